The van der Waals surface area contributed by atoms with Crippen LogP contribution in [0.15, 0.2) is 29.3 Å². The molecule has 2 heterocycles. The standard InChI is InChI=1S/C22H36N4O3S/c1-4-23-21(24-15-18(2)29-20-7-5-6-19(14-20)27-3)25-16-22(8-13-30-17-22)26-9-11-28-12-10-26/h5-7,14,18H,4,8-13,15-17H2,1-3H3,(H2,23,24,25). The molecule has 0 spiro atoms. The number of nitrogens with zero attached hydrogens (tertiary/aromatic N) is 2. The summed E-state index contributed by atoms with van der Waals surface area (Å²) in [6, 6.07) is 7.70. The second-order valence-corrected chi connectivity index (χ2v) is 8.92. The highest BCUT2D eigenvalue weighted by Crippen LogP contribution is 2.34. The molecule has 0 bridgehead atoms. The molecule has 0 radical (unpaired) electrons. The maximum atomic E-state index is 6.03. The maximum absolute atomic E-state index is 6.03. The summed E-state index contributed by atoms with van der Waals surface area (Å²) in [4.78, 5) is 7.57. The number of morpholine rings is 1. The monoisotopic (exact) mass is 436 g/mol. The molecule has 30 heavy (non-hydrogen) atoms. The SMILES string of the molecule is CCNC(=NCC1(N2CCOCC2)CCSC1)NCC(C)Oc1cccc(OC)c1. The van der Waals surface area contributed by atoms with E-state index in [2.05, 4.69) is 29.4 Å². The van der Waals surface area contributed by atoms with E-state index in [9.17, 15) is 0 Å². The van der Waals surface area contributed by atoms with Crippen molar-refractivity contribution in [1.29, 1.82) is 0 Å². The second-order valence-electron chi connectivity index (χ2n) is 7.81. The molecule has 1 aromatic carbocycles. The largest absolute Gasteiger partial charge is 0.497 e. The quantitative estimate of drug-likeness (QED) is 0.454. The van der Waals surface area contributed by atoms with Crippen molar-refractivity contribution in [3.8, 4) is 11.5 Å². The molecule has 0 aromatic heterocycles. The average molecular weight is 437 g/mol. The predicted molar refractivity (Wildman–Crippen MR) is 124 cm³/mol. The topological polar surface area (TPSA) is 67.4 Å². The maximum Gasteiger partial charge on any atom is 0.191 e. The molecule has 2 fully saturated rings. The van der Waals surface area contributed by atoms with Gasteiger partial charge in [0, 0.05) is 31.5 Å². The van der Waals surface area contributed by atoms with Gasteiger partial charge in [0.05, 0.1) is 39.0 Å². The zero-order chi connectivity index (χ0) is 21.2. The van der Waals surface area contributed by atoms with Gasteiger partial charge in [-0.1, -0.05) is 6.07 Å². The third-order valence-corrected chi connectivity index (χ3v) is 6.81. The van der Waals surface area contributed by atoms with Gasteiger partial charge in [-0.2, -0.15) is 11.8 Å². The van der Waals surface area contributed by atoms with Gasteiger partial charge in [0.25, 0.3) is 0 Å². The van der Waals surface area contributed by atoms with E-state index in [0.717, 1.165) is 62.6 Å². The van der Waals surface area contributed by atoms with Gasteiger partial charge < -0.3 is 24.8 Å². The minimum absolute atomic E-state index is 0.00352. The van der Waals surface area contributed by atoms with Crippen LogP contribution in [0.2, 0.25) is 0 Å². The van der Waals surface area contributed by atoms with E-state index in [1.165, 1.54) is 12.2 Å². The van der Waals surface area contributed by atoms with Crippen LogP contribution >= 0.6 is 11.8 Å². The lowest BCUT2D eigenvalue weighted by molar-refractivity contribution is -0.0104. The van der Waals surface area contributed by atoms with Crippen LogP contribution in [0.4, 0.5) is 0 Å². The summed E-state index contributed by atoms with van der Waals surface area (Å²) in [5, 5.41) is 6.82. The lowest BCUT2D eigenvalue weighted by Crippen LogP contribution is -2.56. The third-order valence-electron chi connectivity index (χ3n) is 5.58. The molecule has 0 saturated carbocycles. The molecule has 2 aliphatic rings. The van der Waals surface area contributed by atoms with Gasteiger partial charge in [0.1, 0.15) is 17.6 Å². The summed E-state index contributed by atoms with van der Waals surface area (Å²) in [6.07, 6.45) is 1.19. The summed E-state index contributed by atoms with van der Waals surface area (Å²) in [5.74, 6) is 4.81. The number of benzene rings is 1. The van der Waals surface area contributed by atoms with E-state index in [1.807, 2.05) is 36.0 Å². The van der Waals surface area contributed by atoms with E-state index in [4.69, 9.17) is 19.2 Å². The minimum atomic E-state index is -0.00352. The van der Waals surface area contributed by atoms with Gasteiger partial charge in [-0.15, -0.1) is 0 Å². The van der Waals surface area contributed by atoms with Crippen molar-refractivity contribution in [2.24, 2.45) is 4.99 Å². The molecule has 1 aromatic rings. The number of hydrogen-bond donors (Lipinski definition) is 2. The van der Waals surface area contributed by atoms with Gasteiger partial charge in [0.15, 0.2) is 5.96 Å². The molecular weight excluding hydrogens is 400 g/mol. The zero-order valence-electron chi connectivity index (χ0n) is 18.5. The van der Waals surface area contributed by atoms with Crippen LogP contribution in [-0.2, 0) is 4.74 Å². The number of guanidine groups is 1. The van der Waals surface area contributed by atoms with Crippen LogP contribution < -0.4 is 20.1 Å². The number of ether oxygens (including phenoxy) is 3. The van der Waals surface area contributed by atoms with Crippen molar-refractivity contribution >= 4 is 17.7 Å². The highest BCUT2D eigenvalue weighted by molar-refractivity contribution is 7.99. The van der Waals surface area contributed by atoms with Gasteiger partial charge in [0.2, 0.25) is 0 Å². The van der Waals surface area contributed by atoms with E-state index in [-0.39, 0.29) is 11.6 Å². The number of methoxy groups -OCH3 is 1. The summed E-state index contributed by atoms with van der Waals surface area (Å²) in [6.45, 7) is 10.1. The molecule has 0 amide bonds. The van der Waals surface area contributed by atoms with E-state index >= 15 is 0 Å². The Labute approximate surface area is 184 Å². The van der Waals surface area contributed by atoms with E-state index in [0.29, 0.717) is 6.54 Å². The number of aliphatic imine (C=N–C) groups is 1. The average Bonchev–Trinajstić information content (AvgIpc) is 3.26. The zero-order valence-corrected chi connectivity index (χ0v) is 19.3. The van der Waals surface area contributed by atoms with Gasteiger partial charge in [-0.3, -0.25) is 9.89 Å². The first-order valence-electron chi connectivity index (χ1n) is 10.9. The van der Waals surface area contributed by atoms with Crippen LogP contribution in [0.1, 0.15) is 20.3 Å². The highest BCUT2D eigenvalue weighted by Gasteiger charge is 2.40. The summed E-state index contributed by atoms with van der Waals surface area (Å²) in [5.41, 5.74) is 0.152. The summed E-state index contributed by atoms with van der Waals surface area (Å²) >= 11 is 2.04. The Morgan fingerprint density at radius 2 is 2.10 bits per heavy atom. The van der Waals surface area contributed by atoms with Crippen LogP contribution in [0.5, 0.6) is 11.5 Å². The Morgan fingerprint density at radius 1 is 1.30 bits per heavy atom. The smallest absolute Gasteiger partial charge is 0.191 e. The number of thioether (sulfide) groups is 1. The molecule has 2 saturated heterocycles. The van der Waals surface area contributed by atoms with E-state index < -0.39 is 0 Å². The second kappa shape index (κ2) is 11.7. The third kappa shape index (κ3) is 6.43. The Bertz CT molecular complexity index is 676. The van der Waals surface area contributed by atoms with Gasteiger partial charge >= 0.3 is 0 Å². The number of nitrogens with one attached hydrogen (secondary N) is 2. The first-order valence-corrected chi connectivity index (χ1v) is 12.0. The molecule has 0 aliphatic carbocycles. The van der Waals surface area contributed by atoms with Crippen molar-refractivity contribution in [3.05, 3.63) is 24.3 Å². The van der Waals surface area contributed by atoms with Crippen molar-refractivity contribution in [1.82, 2.24) is 15.5 Å². The Balaban J connectivity index is 1.56. The fraction of sp³-hybridized carbons (Fsp3) is 0.682. The Morgan fingerprint density at radius 3 is 2.80 bits per heavy atom. The minimum Gasteiger partial charge on any atom is -0.497 e. The Kier molecular flexibility index (Phi) is 8.96. The highest BCUT2D eigenvalue weighted by atomic mass is 32.2. The lowest BCUT2D eigenvalue weighted by Gasteiger charge is -2.42. The number of hydrogen-bond acceptors (Lipinski definition) is 6. The van der Waals surface area contributed by atoms with Crippen LogP contribution in [0, 0.1) is 0 Å². The van der Waals surface area contributed by atoms with E-state index in [1.54, 1.807) is 7.11 Å². The summed E-state index contributed by atoms with van der Waals surface area (Å²) < 4.78 is 16.9. The normalized spacial score (nSPS) is 23.8. The predicted octanol–water partition coefficient (Wildman–Crippen LogP) is 2.23. The molecule has 2 atom stereocenters. The van der Waals surface area contributed by atoms with Crippen molar-refractivity contribution in [3.63, 3.8) is 0 Å². The molecule has 2 N–H and O–H groups in total. The molecular formula is C22H36N4O3S. The molecule has 2 unspecified atom stereocenters. The molecule has 3 rings (SSSR count). The molecule has 2 aliphatic heterocycles. The number of rotatable bonds is 9. The van der Waals surface area contributed by atoms with Crippen molar-refractivity contribution < 1.29 is 14.2 Å². The summed E-state index contributed by atoms with van der Waals surface area (Å²) in [7, 11) is 1.66. The van der Waals surface area contributed by atoms with Gasteiger partial charge in [-0.05, 0) is 38.2 Å². The fourth-order valence-corrected chi connectivity index (χ4v) is 5.33. The fourth-order valence-electron chi connectivity index (χ4n) is 3.87. The lowest BCUT2D eigenvalue weighted by atomic mass is 9.96. The Hall–Kier alpha value is -1.64. The van der Waals surface area contributed by atoms with Crippen molar-refractivity contribution in [2.45, 2.75) is 31.9 Å². The first kappa shape index (κ1) is 23.0. The van der Waals surface area contributed by atoms with Crippen LogP contribution in [-0.4, -0.2) is 87.1 Å². The van der Waals surface area contributed by atoms with Crippen LogP contribution in [0.25, 0.3) is 0 Å². The van der Waals surface area contributed by atoms with Crippen LogP contribution in [0.3, 0.4) is 0 Å². The van der Waals surface area contributed by atoms with Gasteiger partial charge in [-0.25, -0.2) is 0 Å². The molecule has 168 valence electrons. The molecule has 8 heteroatoms. The molecule has 7 nitrogen and oxygen atoms in total. The first-order chi connectivity index (χ1) is 14.6. The van der Waals surface area contributed by atoms with Crippen molar-refractivity contribution in [2.75, 3.05) is 64.6 Å².